The Morgan fingerprint density at radius 3 is 2.57 bits per heavy atom. The Hall–Kier alpha value is -2.05. The zero-order chi connectivity index (χ0) is 15.4. The summed E-state index contributed by atoms with van der Waals surface area (Å²) in [4.78, 5) is 28.0. The van der Waals surface area contributed by atoms with Crippen LogP contribution in [0.25, 0.3) is 10.6 Å². The largest absolute Gasteiger partial charge is 0.464 e. The summed E-state index contributed by atoms with van der Waals surface area (Å²) >= 11 is 1.19. The molecule has 1 aromatic heterocycles. The van der Waals surface area contributed by atoms with Crippen LogP contribution in [0, 0.1) is 0 Å². The maximum Gasteiger partial charge on any atom is 0.358 e. The summed E-state index contributed by atoms with van der Waals surface area (Å²) in [6, 6.07) is 7.59. The number of carbonyl (C=O) groups is 2. The van der Waals surface area contributed by atoms with Crippen molar-refractivity contribution in [3.8, 4) is 10.6 Å². The van der Waals surface area contributed by atoms with Crippen LogP contribution in [-0.2, 0) is 16.1 Å². The average molecular weight is 305 g/mol. The summed E-state index contributed by atoms with van der Waals surface area (Å²) < 4.78 is 9.84. The lowest BCUT2D eigenvalue weighted by atomic mass is 10.1. The van der Waals surface area contributed by atoms with E-state index in [1.54, 1.807) is 7.11 Å². The van der Waals surface area contributed by atoms with Gasteiger partial charge in [0.25, 0.3) is 0 Å². The van der Waals surface area contributed by atoms with E-state index in [2.05, 4.69) is 9.72 Å². The molecule has 1 aromatic carbocycles. The minimum atomic E-state index is -0.605. The van der Waals surface area contributed by atoms with Crippen molar-refractivity contribution in [1.29, 1.82) is 0 Å². The molecule has 0 unspecified atom stereocenters. The van der Waals surface area contributed by atoms with E-state index in [9.17, 15) is 9.59 Å². The monoisotopic (exact) mass is 305 g/mol. The molecule has 0 aliphatic heterocycles. The molecule has 0 atom stereocenters. The van der Waals surface area contributed by atoms with Crippen LogP contribution in [0.2, 0.25) is 0 Å². The predicted octanol–water partition coefficient (Wildman–Crippen LogP) is 2.95. The van der Waals surface area contributed by atoms with Crippen LogP contribution in [0.4, 0.5) is 0 Å². The highest BCUT2D eigenvalue weighted by Crippen LogP contribution is 2.31. The van der Waals surface area contributed by atoms with Crippen LogP contribution in [0.1, 0.15) is 32.6 Å². The van der Waals surface area contributed by atoms with E-state index in [4.69, 9.17) is 4.74 Å². The first kappa shape index (κ1) is 15.3. The van der Waals surface area contributed by atoms with Crippen molar-refractivity contribution in [2.75, 3.05) is 14.2 Å². The molecular formula is C15H15NO4S. The number of carbonyl (C=O) groups excluding carboxylic acids is 2. The zero-order valence-corrected chi connectivity index (χ0v) is 12.8. The topological polar surface area (TPSA) is 65.5 Å². The molecule has 0 saturated heterocycles. The molecule has 5 nitrogen and oxygen atoms in total. The normalized spacial score (nSPS) is 10.4. The van der Waals surface area contributed by atoms with Crippen molar-refractivity contribution < 1.29 is 19.1 Å². The highest BCUT2D eigenvalue weighted by molar-refractivity contribution is 7.17. The number of hydrogen-bond acceptors (Lipinski definition) is 6. The number of methoxy groups -OCH3 is 2. The number of ketones is 1. The molecule has 0 spiro atoms. The van der Waals surface area contributed by atoms with Gasteiger partial charge in [0.05, 0.1) is 13.7 Å². The average Bonchev–Trinajstić information content (AvgIpc) is 2.92. The highest BCUT2D eigenvalue weighted by atomic mass is 32.1. The molecular weight excluding hydrogens is 290 g/mol. The molecule has 2 aromatic rings. The Morgan fingerprint density at radius 2 is 1.95 bits per heavy atom. The number of thiazole rings is 1. The van der Waals surface area contributed by atoms with Crippen molar-refractivity contribution in [2.24, 2.45) is 0 Å². The van der Waals surface area contributed by atoms with E-state index in [0.717, 1.165) is 11.1 Å². The van der Waals surface area contributed by atoms with Gasteiger partial charge in [-0.1, -0.05) is 24.3 Å². The summed E-state index contributed by atoms with van der Waals surface area (Å²) in [5.41, 5.74) is 1.86. The number of Topliss-reactive ketones (excluding diaryl/α,β-unsaturated/α-hetero) is 1. The lowest BCUT2D eigenvalue weighted by Gasteiger charge is -2.05. The third-order valence-electron chi connectivity index (χ3n) is 2.87. The van der Waals surface area contributed by atoms with Gasteiger partial charge < -0.3 is 9.47 Å². The number of esters is 1. The lowest BCUT2D eigenvalue weighted by Crippen LogP contribution is -2.06. The highest BCUT2D eigenvalue weighted by Gasteiger charge is 2.23. The molecule has 2 rings (SSSR count). The second kappa shape index (κ2) is 6.60. The van der Waals surface area contributed by atoms with Crippen LogP contribution in [0.5, 0.6) is 0 Å². The molecule has 6 heteroatoms. The van der Waals surface area contributed by atoms with Gasteiger partial charge in [-0.2, -0.15) is 0 Å². The molecule has 1 heterocycles. The summed E-state index contributed by atoms with van der Waals surface area (Å²) in [6.07, 6.45) is 0. The molecule has 0 fully saturated rings. The number of rotatable bonds is 5. The van der Waals surface area contributed by atoms with Crippen LogP contribution in [-0.4, -0.2) is 31.0 Å². The van der Waals surface area contributed by atoms with Gasteiger partial charge >= 0.3 is 5.97 Å². The van der Waals surface area contributed by atoms with E-state index >= 15 is 0 Å². The molecule has 0 bridgehead atoms. The third kappa shape index (κ3) is 3.17. The van der Waals surface area contributed by atoms with Gasteiger partial charge in [-0.25, -0.2) is 9.78 Å². The summed E-state index contributed by atoms with van der Waals surface area (Å²) in [5.74, 6) is -0.810. The van der Waals surface area contributed by atoms with Crippen molar-refractivity contribution >= 4 is 23.1 Å². The molecule has 0 aliphatic rings. The minimum Gasteiger partial charge on any atom is -0.464 e. The predicted molar refractivity (Wildman–Crippen MR) is 79.6 cm³/mol. The standard InChI is InChI=1S/C15H15NO4S/c1-9(17)13-12(15(18)20-3)16-14(21-13)11-7-5-4-6-10(11)8-19-2/h4-7H,8H2,1-3H3. The van der Waals surface area contributed by atoms with Crippen molar-refractivity contribution in [2.45, 2.75) is 13.5 Å². The summed E-state index contributed by atoms with van der Waals surface area (Å²) in [6.45, 7) is 1.84. The van der Waals surface area contributed by atoms with Gasteiger partial charge in [0.2, 0.25) is 0 Å². The first-order valence-electron chi connectivity index (χ1n) is 6.25. The van der Waals surface area contributed by atoms with Crippen LogP contribution < -0.4 is 0 Å². The number of benzene rings is 1. The van der Waals surface area contributed by atoms with E-state index in [1.165, 1.54) is 25.4 Å². The Kier molecular flexibility index (Phi) is 4.82. The molecule has 0 aliphatic carbocycles. The fourth-order valence-electron chi connectivity index (χ4n) is 1.92. The van der Waals surface area contributed by atoms with Gasteiger partial charge in [0.1, 0.15) is 9.88 Å². The van der Waals surface area contributed by atoms with Crippen molar-refractivity contribution in [3.05, 3.63) is 40.4 Å². The van der Waals surface area contributed by atoms with E-state index in [0.29, 0.717) is 16.5 Å². The van der Waals surface area contributed by atoms with E-state index < -0.39 is 5.97 Å². The summed E-state index contributed by atoms with van der Waals surface area (Å²) in [5, 5.41) is 0.605. The molecule has 0 saturated carbocycles. The van der Waals surface area contributed by atoms with Gasteiger partial charge in [-0.05, 0) is 5.56 Å². The minimum absolute atomic E-state index is 0.0669. The maximum atomic E-state index is 11.7. The Bertz CT molecular complexity index is 678. The maximum absolute atomic E-state index is 11.7. The van der Waals surface area contributed by atoms with Crippen LogP contribution in [0.15, 0.2) is 24.3 Å². The number of hydrogen-bond donors (Lipinski definition) is 0. The van der Waals surface area contributed by atoms with Crippen LogP contribution in [0.3, 0.4) is 0 Å². The number of nitrogens with zero attached hydrogens (tertiary/aromatic N) is 1. The van der Waals surface area contributed by atoms with E-state index in [-0.39, 0.29) is 11.5 Å². The molecule has 110 valence electrons. The van der Waals surface area contributed by atoms with Gasteiger partial charge in [-0.3, -0.25) is 4.79 Å². The lowest BCUT2D eigenvalue weighted by molar-refractivity contribution is 0.0591. The van der Waals surface area contributed by atoms with Crippen LogP contribution >= 0.6 is 11.3 Å². The van der Waals surface area contributed by atoms with Gasteiger partial charge in [0.15, 0.2) is 11.5 Å². The number of aromatic nitrogens is 1. The SMILES string of the molecule is COCc1ccccc1-c1nc(C(=O)OC)c(C(C)=O)s1. The smallest absolute Gasteiger partial charge is 0.358 e. The second-order valence-corrected chi connectivity index (χ2v) is 5.33. The number of ether oxygens (including phenoxy) is 2. The Labute approximate surface area is 126 Å². The first-order chi connectivity index (χ1) is 10.1. The fraction of sp³-hybridized carbons (Fsp3) is 0.267. The van der Waals surface area contributed by atoms with Gasteiger partial charge in [-0.15, -0.1) is 11.3 Å². The molecule has 0 N–H and O–H groups in total. The zero-order valence-electron chi connectivity index (χ0n) is 12.0. The molecule has 21 heavy (non-hydrogen) atoms. The molecule has 0 amide bonds. The van der Waals surface area contributed by atoms with Crippen molar-refractivity contribution in [3.63, 3.8) is 0 Å². The van der Waals surface area contributed by atoms with E-state index in [1.807, 2.05) is 24.3 Å². The molecule has 0 radical (unpaired) electrons. The quantitative estimate of drug-likeness (QED) is 0.627. The van der Waals surface area contributed by atoms with Gasteiger partial charge in [0, 0.05) is 19.6 Å². The second-order valence-electron chi connectivity index (χ2n) is 4.33. The first-order valence-corrected chi connectivity index (χ1v) is 7.07. The van der Waals surface area contributed by atoms with Crippen molar-refractivity contribution in [1.82, 2.24) is 4.98 Å². The third-order valence-corrected chi connectivity index (χ3v) is 4.06. The Morgan fingerprint density at radius 1 is 1.24 bits per heavy atom. The fourth-order valence-corrected chi connectivity index (χ4v) is 2.93. The Balaban J connectivity index is 2.55. The summed E-state index contributed by atoms with van der Waals surface area (Å²) in [7, 11) is 2.88.